The predicted octanol–water partition coefficient (Wildman–Crippen LogP) is 3.72. The topological polar surface area (TPSA) is 40.1 Å². The number of nitrogens with one attached hydrogen (secondary N) is 1. The molecule has 0 aromatic heterocycles. The van der Waals surface area contributed by atoms with Crippen LogP contribution in [-0.4, -0.2) is 62.2 Å². The van der Waals surface area contributed by atoms with E-state index in [2.05, 4.69) is 51.3 Å². The SMILES string of the molecule is CN=C(NCc1ccc(CN2CCCC(C)C2)cc1)N1CCC2(CCOC2)C1.I. The number of halogens is 1. The van der Waals surface area contributed by atoms with E-state index in [1.807, 2.05) is 7.05 Å². The Morgan fingerprint density at radius 2 is 2.00 bits per heavy atom. The van der Waals surface area contributed by atoms with Crippen LogP contribution in [0.3, 0.4) is 0 Å². The number of guanidine groups is 1. The van der Waals surface area contributed by atoms with Crippen molar-refractivity contribution in [3.63, 3.8) is 0 Å². The molecule has 3 saturated heterocycles. The second-order valence-electron chi connectivity index (χ2n) is 9.17. The molecule has 2 atom stereocenters. The molecule has 0 radical (unpaired) electrons. The van der Waals surface area contributed by atoms with Crippen LogP contribution >= 0.6 is 24.0 Å². The van der Waals surface area contributed by atoms with Gasteiger partial charge in [-0.15, -0.1) is 24.0 Å². The molecule has 1 aromatic carbocycles. The van der Waals surface area contributed by atoms with E-state index >= 15 is 0 Å². The number of nitrogens with zero attached hydrogens (tertiary/aromatic N) is 3. The lowest BCUT2D eigenvalue weighted by atomic mass is 9.87. The molecule has 3 aliphatic rings. The highest BCUT2D eigenvalue weighted by molar-refractivity contribution is 14.0. The molecule has 0 saturated carbocycles. The zero-order chi connectivity index (χ0) is 19.4. The van der Waals surface area contributed by atoms with Gasteiger partial charge in [0.05, 0.1) is 6.61 Å². The lowest BCUT2D eigenvalue weighted by molar-refractivity contribution is 0.156. The fourth-order valence-corrected chi connectivity index (χ4v) is 5.05. The van der Waals surface area contributed by atoms with Crippen LogP contribution < -0.4 is 5.32 Å². The standard InChI is InChI=1S/C23H36N4O.HI/c1-19-4-3-11-26(15-19)16-21-7-5-20(6-8-21)14-25-22(24-2)27-12-9-23(17-27)10-13-28-18-23;/h5-8,19H,3-4,9-18H2,1-2H3,(H,24,25);1H. The molecular weight excluding hydrogens is 475 g/mol. The maximum Gasteiger partial charge on any atom is 0.193 e. The van der Waals surface area contributed by atoms with Crippen molar-refractivity contribution in [1.82, 2.24) is 15.1 Å². The molecule has 162 valence electrons. The highest BCUT2D eigenvalue weighted by atomic mass is 127. The Kier molecular flexibility index (Phi) is 8.22. The molecule has 1 spiro atoms. The van der Waals surface area contributed by atoms with E-state index < -0.39 is 0 Å². The van der Waals surface area contributed by atoms with E-state index in [9.17, 15) is 0 Å². The number of aliphatic imine (C=N–C) groups is 1. The van der Waals surface area contributed by atoms with Gasteiger partial charge in [0.1, 0.15) is 0 Å². The summed E-state index contributed by atoms with van der Waals surface area (Å²) in [6.45, 7) is 10.7. The van der Waals surface area contributed by atoms with Gasteiger partial charge in [-0.25, -0.2) is 0 Å². The van der Waals surface area contributed by atoms with Gasteiger partial charge in [0, 0.05) is 51.8 Å². The summed E-state index contributed by atoms with van der Waals surface area (Å²) < 4.78 is 5.65. The average molecular weight is 512 g/mol. The Morgan fingerprint density at radius 3 is 2.69 bits per heavy atom. The van der Waals surface area contributed by atoms with Crippen LogP contribution in [0, 0.1) is 11.3 Å². The number of likely N-dealkylation sites (tertiary alicyclic amines) is 2. The summed E-state index contributed by atoms with van der Waals surface area (Å²) in [5, 5.41) is 3.57. The molecule has 2 unspecified atom stereocenters. The fourth-order valence-electron chi connectivity index (χ4n) is 5.05. The number of ether oxygens (including phenoxy) is 1. The van der Waals surface area contributed by atoms with Gasteiger partial charge < -0.3 is 15.0 Å². The summed E-state index contributed by atoms with van der Waals surface area (Å²) in [7, 11) is 1.89. The van der Waals surface area contributed by atoms with Crippen LogP contribution in [0.5, 0.6) is 0 Å². The molecule has 3 aliphatic heterocycles. The summed E-state index contributed by atoms with van der Waals surface area (Å²) in [5.41, 5.74) is 3.10. The number of benzene rings is 1. The van der Waals surface area contributed by atoms with E-state index in [1.54, 1.807) is 0 Å². The second kappa shape index (κ2) is 10.4. The minimum atomic E-state index is 0. The first kappa shape index (κ1) is 22.8. The van der Waals surface area contributed by atoms with Crippen LogP contribution in [0.4, 0.5) is 0 Å². The van der Waals surface area contributed by atoms with E-state index in [0.717, 1.165) is 51.3 Å². The van der Waals surface area contributed by atoms with E-state index in [1.165, 1.54) is 49.9 Å². The van der Waals surface area contributed by atoms with Crippen LogP contribution in [0.15, 0.2) is 29.3 Å². The first-order valence-corrected chi connectivity index (χ1v) is 11.0. The molecular formula is C23H37IN4O. The monoisotopic (exact) mass is 512 g/mol. The van der Waals surface area contributed by atoms with E-state index in [0.29, 0.717) is 5.41 Å². The Morgan fingerprint density at radius 1 is 1.21 bits per heavy atom. The Hall–Kier alpha value is -0.860. The van der Waals surface area contributed by atoms with E-state index in [-0.39, 0.29) is 24.0 Å². The molecule has 3 fully saturated rings. The summed E-state index contributed by atoms with van der Waals surface area (Å²) in [6.07, 6.45) is 5.13. The summed E-state index contributed by atoms with van der Waals surface area (Å²) >= 11 is 0. The molecule has 29 heavy (non-hydrogen) atoms. The first-order valence-electron chi connectivity index (χ1n) is 11.0. The molecule has 0 aliphatic carbocycles. The summed E-state index contributed by atoms with van der Waals surface area (Å²) in [4.78, 5) is 9.53. The third-order valence-corrected chi connectivity index (χ3v) is 6.76. The van der Waals surface area contributed by atoms with Gasteiger partial charge >= 0.3 is 0 Å². The molecule has 5 nitrogen and oxygen atoms in total. The molecule has 3 heterocycles. The van der Waals surface area contributed by atoms with Crippen molar-refractivity contribution in [2.45, 2.75) is 45.7 Å². The van der Waals surface area contributed by atoms with Gasteiger partial charge in [0.2, 0.25) is 0 Å². The second-order valence-corrected chi connectivity index (χ2v) is 9.17. The number of hydrogen-bond donors (Lipinski definition) is 1. The molecule has 0 bridgehead atoms. The van der Waals surface area contributed by atoms with Crippen LogP contribution in [0.1, 0.15) is 43.7 Å². The first-order chi connectivity index (χ1) is 13.7. The molecule has 1 N–H and O–H groups in total. The van der Waals surface area contributed by atoms with Crippen molar-refractivity contribution in [3.8, 4) is 0 Å². The van der Waals surface area contributed by atoms with Gasteiger partial charge in [-0.2, -0.15) is 0 Å². The highest BCUT2D eigenvalue weighted by Crippen LogP contribution is 2.38. The third-order valence-electron chi connectivity index (χ3n) is 6.76. The molecule has 4 rings (SSSR count). The quantitative estimate of drug-likeness (QED) is 0.380. The number of hydrogen-bond acceptors (Lipinski definition) is 3. The maximum atomic E-state index is 5.65. The van der Waals surface area contributed by atoms with Crippen molar-refractivity contribution >= 4 is 29.9 Å². The summed E-state index contributed by atoms with van der Waals surface area (Å²) in [5.74, 6) is 1.86. The normalized spacial score (nSPS) is 28.0. The Balaban J connectivity index is 0.00000240. The number of piperidine rings is 1. The average Bonchev–Trinajstić information content (AvgIpc) is 3.34. The summed E-state index contributed by atoms with van der Waals surface area (Å²) in [6, 6.07) is 9.11. The molecule has 6 heteroatoms. The highest BCUT2D eigenvalue weighted by Gasteiger charge is 2.42. The lowest BCUT2D eigenvalue weighted by Crippen LogP contribution is -2.41. The van der Waals surface area contributed by atoms with Gasteiger partial charge in [-0.05, 0) is 49.3 Å². The minimum absolute atomic E-state index is 0. The maximum absolute atomic E-state index is 5.65. The smallest absolute Gasteiger partial charge is 0.193 e. The number of rotatable bonds is 4. The largest absolute Gasteiger partial charge is 0.381 e. The predicted molar refractivity (Wildman–Crippen MR) is 130 cm³/mol. The third kappa shape index (κ3) is 5.85. The van der Waals surface area contributed by atoms with Crippen LogP contribution in [-0.2, 0) is 17.8 Å². The Bertz CT molecular complexity index is 672. The van der Waals surface area contributed by atoms with Crippen molar-refractivity contribution in [2.75, 3.05) is 46.4 Å². The van der Waals surface area contributed by atoms with Crippen molar-refractivity contribution in [3.05, 3.63) is 35.4 Å². The minimum Gasteiger partial charge on any atom is -0.381 e. The van der Waals surface area contributed by atoms with Gasteiger partial charge in [-0.1, -0.05) is 31.2 Å². The van der Waals surface area contributed by atoms with Crippen molar-refractivity contribution < 1.29 is 4.74 Å². The van der Waals surface area contributed by atoms with Crippen LogP contribution in [0.25, 0.3) is 0 Å². The zero-order valence-corrected chi connectivity index (χ0v) is 20.4. The van der Waals surface area contributed by atoms with Crippen molar-refractivity contribution in [2.24, 2.45) is 16.3 Å². The zero-order valence-electron chi connectivity index (χ0n) is 18.0. The molecule has 1 aromatic rings. The lowest BCUT2D eigenvalue weighted by Gasteiger charge is -2.30. The van der Waals surface area contributed by atoms with Gasteiger partial charge in [0.15, 0.2) is 5.96 Å². The molecule has 0 amide bonds. The fraction of sp³-hybridized carbons (Fsp3) is 0.696. The van der Waals surface area contributed by atoms with E-state index in [4.69, 9.17) is 4.74 Å². The van der Waals surface area contributed by atoms with Crippen LogP contribution in [0.2, 0.25) is 0 Å². The van der Waals surface area contributed by atoms with Gasteiger partial charge in [0.25, 0.3) is 0 Å². The van der Waals surface area contributed by atoms with Gasteiger partial charge in [-0.3, -0.25) is 9.89 Å². The Labute approximate surface area is 193 Å². The van der Waals surface area contributed by atoms with Crippen molar-refractivity contribution in [1.29, 1.82) is 0 Å².